The number of aromatic amines is 1. The predicted octanol–water partition coefficient (Wildman–Crippen LogP) is 0.0973. The van der Waals surface area contributed by atoms with Gasteiger partial charge in [0.2, 0.25) is 11.8 Å². The zero-order valence-electron chi connectivity index (χ0n) is 14.1. The van der Waals surface area contributed by atoms with Crippen LogP contribution in [0.1, 0.15) is 17.8 Å². The number of nitrogens with one attached hydrogen (secondary N) is 2. The van der Waals surface area contributed by atoms with E-state index in [0.717, 1.165) is 16.6 Å². The van der Waals surface area contributed by atoms with E-state index in [4.69, 9.17) is 9.84 Å². The first-order chi connectivity index (χ1) is 12.1. The Hall–Kier alpha value is -2.45. The number of piperazine rings is 1. The van der Waals surface area contributed by atoms with Gasteiger partial charge in [0.1, 0.15) is 25.1 Å². The van der Waals surface area contributed by atoms with Crippen molar-refractivity contribution < 1.29 is 19.4 Å². The van der Waals surface area contributed by atoms with E-state index < -0.39 is 6.04 Å². The summed E-state index contributed by atoms with van der Waals surface area (Å²) in [5.74, 6) is 0.151. The minimum absolute atomic E-state index is 0.134. The van der Waals surface area contributed by atoms with Crippen molar-refractivity contribution in [1.29, 1.82) is 0 Å². The molecule has 0 spiro atoms. The number of H-pyrrole nitrogens is 1. The fraction of sp³-hybridized carbons (Fsp3) is 0.471. The zero-order valence-corrected chi connectivity index (χ0v) is 14.1. The average Bonchev–Trinajstić information content (AvgIpc) is 2.98. The molecule has 1 aliphatic heterocycles. The number of benzene rings is 1. The van der Waals surface area contributed by atoms with Crippen LogP contribution in [0.2, 0.25) is 0 Å². The molecule has 1 aromatic heterocycles. The number of fused-ring (bicyclic) bond motifs is 1. The van der Waals surface area contributed by atoms with Gasteiger partial charge in [0.25, 0.3) is 0 Å². The molecule has 0 bridgehead atoms. The SMILES string of the molecule is Cc1ccc2nc(COCC(=O)N3CCNC(=O)C3CCO)[nH]c2c1. The van der Waals surface area contributed by atoms with Gasteiger partial charge in [-0.1, -0.05) is 6.07 Å². The van der Waals surface area contributed by atoms with Gasteiger partial charge in [0, 0.05) is 19.7 Å². The number of hydrogen-bond acceptors (Lipinski definition) is 5. The largest absolute Gasteiger partial charge is 0.396 e. The lowest BCUT2D eigenvalue weighted by molar-refractivity contribution is -0.147. The summed E-state index contributed by atoms with van der Waals surface area (Å²) >= 11 is 0. The van der Waals surface area contributed by atoms with E-state index >= 15 is 0 Å². The summed E-state index contributed by atoms with van der Waals surface area (Å²) in [4.78, 5) is 33.2. The second kappa shape index (κ2) is 7.62. The number of amides is 2. The monoisotopic (exact) mass is 346 g/mol. The van der Waals surface area contributed by atoms with Gasteiger partial charge in [-0.3, -0.25) is 9.59 Å². The van der Waals surface area contributed by atoms with Crippen molar-refractivity contribution in [1.82, 2.24) is 20.2 Å². The van der Waals surface area contributed by atoms with Gasteiger partial charge in [-0.2, -0.15) is 0 Å². The smallest absolute Gasteiger partial charge is 0.249 e. The second-order valence-electron chi connectivity index (χ2n) is 6.10. The van der Waals surface area contributed by atoms with Crippen LogP contribution in [0.5, 0.6) is 0 Å². The Labute approximate surface area is 145 Å². The summed E-state index contributed by atoms with van der Waals surface area (Å²) < 4.78 is 5.48. The van der Waals surface area contributed by atoms with Crippen molar-refractivity contribution in [3.8, 4) is 0 Å². The Balaban J connectivity index is 1.56. The Kier molecular flexibility index (Phi) is 5.30. The standard InChI is InChI=1S/C17H22N4O4/c1-11-2-3-12-13(8-11)20-15(19-12)9-25-10-16(23)21-6-5-18-17(24)14(21)4-7-22/h2-3,8,14,22H,4-7,9-10H2,1H3,(H,18,24)(H,19,20). The number of aliphatic hydroxyl groups excluding tert-OH is 1. The molecule has 1 aliphatic rings. The van der Waals surface area contributed by atoms with E-state index in [2.05, 4.69) is 15.3 Å². The molecule has 2 heterocycles. The van der Waals surface area contributed by atoms with E-state index in [1.54, 1.807) is 0 Å². The molecule has 1 fully saturated rings. The van der Waals surface area contributed by atoms with Gasteiger partial charge < -0.3 is 25.0 Å². The first-order valence-electron chi connectivity index (χ1n) is 8.29. The quantitative estimate of drug-likeness (QED) is 0.687. The van der Waals surface area contributed by atoms with Gasteiger partial charge in [-0.05, 0) is 31.0 Å². The number of carbonyl (C=O) groups is 2. The number of aromatic nitrogens is 2. The van der Waals surface area contributed by atoms with Crippen LogP contribution in [0.4, 0.5) is 0 Å². The molecule has 0 saturated carbocycles. The fourth-order valence-electron chi connectivity index (χ4n) is 2.99. The average molecular weight is 346 g/mol. The van der Waals surface area contributed by atoms with Crippen molar-refractivity contribution in [2.24, 2.45) is 0 Å². The third kappa shape index (κ3) is 3.97. The highest BCUT2D eigenvalue weighted by atomic mass is 16.5. The van der Waals surface area contributed by atoms with Crippen molar-refractivity contribution in [3.63, 3.8) is 0 Å². The zero-order chi connectivity index (χ0) is 17.8. The molecule has 8 nitrogen and oxygen atoms in total. The molecule has 0 aliphatic carbocycles. The maximum Gasteiger partial charge on any atom is 0.249 e. The molecule has 8 heteroatoms. The summed E-state index contributed by atoms with van der Waals surface area (Å²) in [6.07, 6.45) is 0.223. The lowest BCUT2D eigenvalue weighted by atomic mass is 10.1. The van der Waals surface area contributed by atoms with Crippen LogP contribution in [0.15, 0.2) is 18.2 Å². The van der Waals surface area contributed by atoms with Crippen molar-refractivity contribution >= 4 is 22.8 Å². The maximum absolute atomic E-state index is 12.3. The number of aryl methyl sites for hydroxylation is 1. The number of rotatable bonds is 6. The summed E-state index contributed by atoms with van der Waals surface area (Å²) in [6.45, 7) is 2.74. The topological polar surface area (TPSA) is 108 Å². The summed E-state index contributed by atoms with van der Waals surface area (Å²) in [7, 11) is 0. The molecule has 3 N–H and O–H groups in total. The first-order valence-corrected chi connectivity index (χ1v) is 8.29. The lowest BCUT2D eigenvalue weighted by Crippen LogP contribution is -2.58. The molecule has 1 atom stereocenters. The molecule has 25 heavy (non-hydrogen) atoms. The van der Waals surface area contributed by atoms with Crippen molar-refractivity contribution in [2.75, 3.05) is 26.3 Å². The first kappa shape index (κ1) is 17.4. The molecule has 3 rings (SSSR count). The van der Waals surface area contributed by atoms with E-state index in [9.17, 15) is 9.59 Å². The highest BCUT2D eigenvalue weighted by Crippen LogP contribution is 2.14. The number of aliphatic hydroxyl groups is 1. The normalized spacial score (nSPS) is 17.8. The molecule has 1 aromatic carbocycles. The van der Waals surface area contributed by atoms with Gasteiger partial charge in [-0.25, -0.2) is 4.98 Å². The van der Waals surface area contributed by atoms with E-state index in [-0.39, 0.29) is 38.1 Å². The van der Waals surface area contributed by atoms with Crippen LogP contribution in [-0.4, -0.2) is 64.1 Å². The van der Waals surface area contributed by atoms with Crippen molar-refractivity contribution in [3.05, 3.63) is 29.6 Å². The number of nitrogens with zero attached hydrogens (tertiary/aromatic N) is 2. The Morgan fingerprint density at radius 1 is 1.48 bits per heavy atom. The lowest BCUT2D eigenvalue weighted by Gasteiger charge is -2.34. The Bertz CT molecular complexity index is 773. The fourth-order valence-corrected chi connectivity index (χ4v) is 2.99. The Morgan fingerprint density at radius 3 is 3.12 bits per heavy atom. The van der Waals surface area contributed by atoms with Gasteiger partial charge in [-0.15, -0.1) is 0 Å². The minimum atomic E-state index is -0.635. The molecule has 2 amide bonds. The highest BCUT2D eigenvalue weighted by molar-refractivity contribution is 5.89. The van der Waals surface area contributed by atoms with Gasteiger partial charge >= 0.3 is 0 Å². The summed E-state index contributed by atoms with van der Waals surface area (Å²) in [5, 5.41) is 11.8. The van der Waals surface area contributed by atoms with Gasteiger partial charge in [0.05, 0.1) is 11.0 Å². The molecular formula is C17H22N4O4. The number of imidazole rings is 1. The third-order valence-electron chi connectivity index (χ3n) is 4.20. The van der Waals surface area contributed by atoms with E-state index in [0.29, 0.717) is 18.9 Å². The molecule has 2 aromatic rings. The van der Waals surface area contributed by atoms with Crippen molar-refractivity contribution in [2.45, 2.75) is 26.0 Å². The molecule has 1 saturated heterocycles. The Morgan fingerprint density at radius 2 is 2.32 bits per heavy atom. The number of ether oxygens (including phenoxy) is 1. The minimum Gasteiger partial charge on any atom is -0.396 e. The van der Waals surface area contributed by atoms with Crippen LogP contribution >= 0.6 is 0 Å². The van der Waals surface area contributed by atoms with Crippen LogP contribution in [0.25, 0.3) is 11.0 Å². The van der Waals surface area contributed by atoms with Crippen LogP contribution < -0.4 is 5.32 Å². The molecule has 134 valence electrons. The maximum atomic E-state index is 12.3. The molecule has 0 radical (unpaired) electrons. The van der Waals surface area contributed by atoms with Crippen LogP contribution in [-0.2, 0) is 20.9 Å². The van der Waals surface area contributed by atoms with Crippen LogP contribution in [0, 0.1) is 6.92 Å². The van der Waals surface area contributed by atoms with Gasteiger partial charge in [0.15, 0.2) is 0 Å². The number of carbonyl (C=O) groups excluding carboxylic acids is 2. The van der Waals surface area contributed by atoms with E-state index in [1.807, 2.05) is 25.1 Å². The van der Waals surface area contributed by atoms with Crippen LogP contribution in [0.3, 0.4) is 0 Å². The molecular weight excluding hydrogens is 324 g/mol. The summed E-state index contributed by atoms with van der Waals surface area (Å²) in [5.41, 5.74) is 2.92. The third-order valence-corrected chi connectivity index (χ3v) is 4.20. The molecule has 1 unspecified atom stereocenters. The highest BCUT2D eigenvalue weighted by Gasteiger charge is 2.32. The second-order valence-corrected chi connectivity index (χ2v) is 6.10. The van der Waals surface area contributed by atoms with E-state index in [1.165, 1.54) is 4.90 Å². The summed E-state index contributed by atoms with van der Waals surface area (Å²) in [6, 6.07) is 5.29. The predicted molar refractivity (Wildman–Crippen MR) is 90.7 cm³/mol. The number of hydrogen-bond donors (Lipinski definition) is 3.